The minimum absolute atomic E-state index is 0.0254. The van der Waals surface area contributed by atoms with E-state index in [-0.39, 0.29) is 6.61 Å². The summed E-state index contributed by atoms with van der Waals surface area (Å²) < 4.78 is 126. The Morgan fingerprint density at radius 2 is 0.963 bits per heavy atom. The SMILES string of the molecule is COC(=O)[C@@]1(O[C@H]2[C@@H](OC(C)=O)[C@@H](COC(C)=O)O[C@@H](O[C@H]3[C@H](OC(C)=O)[C@@H](OC(C)=O)[C@H](OCC[Si](C)(C)C)O[C@@H]3COC(C)=O)[C@@H]2OC(C)=O)C[C@@H](OC(C)=O)[C@@H](NC(C)=O)[C@H]([C@H](OC(C)=O)[C@H]2CN(C(C)=O)C(=O)[C@@]3(C[C@H](OC(C)=O)[C@@H](NC(C)=O)[C@H]([C@H](OC(C)=O)[C@@H](COC(C)=O)OC(C)=O)O3)O2)O1. The van der Waals surface area contributed by atoms with E-state index in [1.807, 2.05) is 19.6 Å². The molecular formula is C66H95N3O38Si. The Bertz CT molecular complexity index is 3360. The zero-order chi connectivity index (χ0) is 81.4. The number of carbonyl (C=O) groups excluding carboxylic acids is 17. The lowest BCUT2D eigenvalue weighted by molar-refractivity contribution is -0.389. The number of hydrogen-bond acceptors (Lipinski definition) is 38. The first-order chi connectivity index (χ1) is 50.2. The summed E-state index contributed by atoms with van der Waals surface area (Å²) in [5.74, 6) is -26.1. The van der Waals surface area contributed by atoms with Crippen molar-refractivity contribution in [2.75, 3.05) is 40.1 Å². The molecule has 41 nitrogen and oxygen atoms in total. The van der Waals surface area contributed by atoms with Crippen LogP contribution in [0.4, 0.5) is 0 Å². The molecule has 0 radical (unpaired) electrons. The second-order valence-electron chi connectivity index (χ2n) is 26.9. The van der Waals surface area contributed by atoms with E-state index in [0.29, 0.717) is 10.9 Å². The molecule has 4 amide bonds. The molecule has 5 rings (SSSR count). The highest BCUT2D eigenvalue weighted by Gasteiger charge is 2.68. The molecule has 0 aromatic carbocycles. The highest BCUT2D eigenvalue weighted by molar-refractivity contribution is 6.76. The molecule has 5 aliphatic heterocycles. The van der Waals surface area contributed by atoms with Crippen molar-refractivity contribution in [3.63, 3.8) is 0 Å². The Morgan fingerprint density at radius 3 is 1.43 bits per heavy atom. The van der Waals surface area contributed by atoms with Gasteiger partial charge in [-0.3, -0.25) is 81.6 Å². The average molecular weight is 1570 g/mol. The van der Waals surface area contributed by atoms with Gasteiger partial charge in [0, 0.05) is 119 Å². The summed E-state index contributed by atoms with van der Waals surface area (Å²) in [6, 6.07) is -3.29. The van der Waals surface area contributed by atoms with E-state index in [1.165, 1.54) is 0 Å². The van der Waals surface area contributed by atoms with Gasteiger partial charge in [0.25, 0.3) is 17.5 Å². The summed E-state index contributed by atoms with van der Waals surface area (Å²) in [6.07, 6.45) is -39.8. The van der Waals surface area contributed by atoms with Crippen LogP contribution in [0.3, 0.4) is 0 Å². The van der Waals surface area contributed by atoms with E-state index in [4.69, 9.17) is 99.5 Å². The standard InChI is InChI=1S/C66H95N3O38Si/c1-28(70)67-49-43(92-34(7)76)22-65(105-56(49)52(96-38(11)80)46(94-36(9)78)25-89-31(4)73)63(85)69(30(3)72)24-45(104-65)51(95-37(10)79)55-50(68-29(2)71)44(93-35(8)77)23-66(106-55,64(86)87-16)107-58-54(97-39(12)81)48(27-91-33(6)75)102-62(60(58)100-42(15)84)103-53-47(26-90-32(5)74)101-61(88-20-21-108(17,18)19)59(99-41(14)83)57(53)98-40(13)82/h43-62H,20-27H2,1-19H3,(H,67,70)(H,68,71)/t43-,44+,45+,46+,47+,48+,49+,50+,51+,52+,53+,54-,55+,56+,57-,58-,59+,60+,61+,62-,65-,66-/m0/s1. The summed E-state index contributed by atoms with van der Waals surface area (Å²) >= 11 is 0. The molecule has 0 aliphatic carbocycles. The maximum Gasteiger partial charge on any atom is 0.366 e. The van der Waals surface area contributed by atoms with Gasteiger partial charge < -0.3 is 110 Å². The predicted molar refractivity (Wildman–Crippen MR) is 350 cm³/mol. The molecule has 5 heterocycles. The molecule has 606 valence electrons. The van der Waals surface area contributed by atoms with Crippen LogP contribution in [-0.4, -0.2) is 288 Å². The van der Waals surface area contributed by atoms with Crippen molar-refractivity contribution in [2.24, 2.45) is 0 Å². The Balaban J connectivity index is 1.89. The molecule has 5 aliphatic rings. The van der Waals surface area contributed by atoms with Gasteiger partial charge in [0.2, 0.25) is 17.7 Å². The highest BCUT2D eigenvalue weighted by Crippen LogP contribution is 2.46. The maximum atomic E-state index is 15.5. The van der Waals surface area contributed by atoms with Crippen LogP contribution in [0.5, 0.6) is 0 Å². The van der Waals surface area contributed by atoms with Gasteiger partial charge in [0.1, 0.15) is 74.8 Å². The molecule has 5 saturated heterocycles. The first-order valence-electron chi connectivity index (χ1n) is 33.9. The first-order valence-corrected chi connectivity index (χ1v) is 37.6. The molecular weight excluding hydrogens is 1470 g/mol. The van der Waals surface area contributed by atoms with Gasteiger partial charge in [0.15, 0.2) is 55.3 Å². The molecule has 0 unspecified atom stereocenters. The number of ether oxygens (including phenoxy) is 21. The molecule has 22 atom stereocenters. The van der Waals surface area contributed by atoms with E-state index >= 15 is 9.59 Å². The molecule has 0 aromatic heterocycles. The number of methoxy groups -OCH3 is 1. The van der Waals surface area contributed by atoms with E-state index in [9.17, 15) is 71.9 Å². The largest absolute Gasteiger partial charge is 0.465 e. The molecule has 108 heavy (non-hydrogen) atoms. The van der Waals surface area contributed by atoms with E-state index < -0.39 is 282 Å². The number of rotatable bonds is 30. The number of hydrogen-bond donors (Lipinski definition) is 2. The van der Waals surface area contributed by atoms with Crippen molar-refractivity contribution in [1.29, 1.82) is 0 Å². The molecule has 2 N–H and O–H groups in total. The molecule has 0 bridgehead atoms. The smallest absolute Gasteiger partial charge is 0.366 e. The molecule has 5 fully saturated rings. The molecule has 0 aromatic rings. The topological polar surface area (TPSA) is 511 Å². The fraction of sp³-hybridized carbons (Fsp3) is 0.742. The summed E-state index contributed by atoms with van der Waals surface area (Å²) in [6.45, 7) is 16.0. The average Bonchev–Trinajstić information content (AvgIpc) is 0.728. The van der Waals surface area contributed by atoms with Gasteiger partial charge >= 0.3 is 77.6 Å². The fourth-order valence-electron chi connectivity index (χ4n) is 12.6. The fourth-order valence-corrected chi connectivity index (χ4v) is 13.3. The van der Waals surface area contributed by atoms with Crippen molar-refractivity contribution in [1.82, 2.24) is 15.5 Å². The van der Waals surface area contributed by atoms with Crippen LogP contribution in [0.1, 0.15) is 117 Å². The zero-order valence-corrected chi connectivity index (χ0v) is 64.2. The van der Waals surface area contributed by atoms with Crippen molar-refractivity contribution < 1.29 is 181 Å². The maximum absolute atomic E-state index is 15.5. The second kappa shape index (κ2) is 38.9. The third-order valence-electron chi connectivity index (χ3n) is 16.4. The Hall–Kier alpha value is -8.91. The normalized spacial score (nSPS) is 30.5. The van der Waals surface area contributed by atoms with Gasteiger partial charge in [-0.15, -0.1) is 0 Å². The molecule has 0 saturated carbocycles. The van der Waals surface area contributed by atoms with Gasteiger partial charge in [-0.25, -0.2) is 4.79 Å². The third-order valence-corrected chi connectivity index (χ3v) is 18.1. The summed E-state index contributed by atoms with van der Waals surface area (Å²) in [4.78, 5) is 231. The summed E-state index contributed by atoms with van der Waals surface area (Å²) in [5, 5.41) is 5.02. The number of esters is 13. The lowest BCUT2D eigenvalue weighted by atomic mass is 9.85. The van der Waals surface area contributed by atoms with Crippen molar-refractivity contribution in [3.8, 4) is 0 Å². The third kappa shape index (κ3) is 25.1. The van der Waals surface area contributed by atoms with E-state index in [0.717, 1.165) is 111 Å². The van der Waals surface area contributed by atoms with Gasteiger partial charge in [-0.2, -0.15) is 0 Å². The van der Waals surface area contributed by atoms with E-state index in [2.05, 4.69) is 10.6 Å². The Labute approximate surface area is 620 Å². The number of nitrogens with one attached hydrogen (secondary N) is 2. The first kappa shape index (κ1) is 89.7. The van der Waals surface area contributed by atoms with Crippen LogP contribution in [-0.2, 0) is 181 Å². The quantitative estimate of drug-likeness (QED) is 0.0472. The number of carbonyl (C=O) groups is 17. The lowest BCUT2D eigenvalue weighted by Gasteiger charge is -2.55. The minimum Gasteiger partial charge on any atom is -0.465 e. The number of morpholine rings is 1. The van der Waals surface area contributed by atoms with Crippen LogP contribution >= 0.6 is 0 Å². The van der Waals surface area contributed by atoms with Crippen molar-refractivity contribution >= 4 is 109 Å². The summed E-state index contributed by atoms with van der Waals surface area (Å²) in [7, 11) is -1.14. The van der Waals surface area contributed by atoms with Crippen LogP contribution in [0, 0.1) is 0 Å². The van der Waals surface area contributed by atoms with Crippen LogP contribution in [0.25, 0.3) is 0 Å². The van der Waals surface area contributed by atoms with Crippen LogP contribution < -0.4 is 10.6 Å². The lowest BCUT2D eigenvalue weighted by Crippen LogP contribution is -2.76. The van der Waals surface area contributed by atoms with Gasteiger partial charge in [-0.05, 0) is 6.04 Å². The number of nitrogens with zero attached hydrogens (tertiary/aromatic N) is 1. The van der Waals surface area contributed by atoms with Gasteiger partial charge in [-0.1, -0.05) is 19.6 Å². The Morgan fingerprint density at radius 1 is 0.500 bits per heavy atom. The predicted octanol–water partition coefficient (Wildman–Crippen LogP) is -1.44. The molecule has 42 heteroatoms. The molecule has 1 spiro atoms. The second-order valence-corrected chi connectivity index (χ2v) is 32.5. The van der Waals surface area contributed by atoms with Crippen LogP contribution in [0.2, 0.25) is 25.7 Å². The monoisotopic (exact) mass is 1570 g/mol. The summed E-state index contributed by atoms with van der Waals surface area (Å²) in [5.41, 5.74) is 0. The highest BCUT2D eigenvalue weighted by atomic mass is 28.3. The van der Waals surface area contributed by atoms with E-state index in [1.54, 1.807) is 0 Å². The minimum atomic E-state index is -3.40. The van der Waals surface area contributed by atoms with Crippen molar-refractivity contribution in [3.05, 3.63) is 0 Å². The zero-order valence-electron chi connectivity index (χ0n) is 63.2. The van der Waals surface area contributed by atoms with Crippen LogP contribution in [0.15, 0.2) is 0 Å². The number of imide groups is 1. The Kier molecular flexibility index (Phi) is 32.3. The van der Waals surface area contributed by atoms with Gasteiger partial charge in [0.05, 0.1) is 38.6 Å². The van der Waals surface area contributed by atoms with Crippen molar-refractivity contribution in [2.45, 2.75) is 276 Å². The number of amides is 4.